The van der Waals surface area contributed by atoms with Gasteiger partial charge in [-0.3, -0.25) is 10.00 Å². The van der Waals surface area contributed by atoms with Crippen molar-refractivity contribution in [2.75, 3.05) is 11.9 Å². The summed E-state index contributed by atoms with van der Waals surface area (Å²) in [6.07, 6.45) is 0.878. The molecule has 6 nitrogen and oxygen atoms in total. The summed E-state index contributed by atoms with van der Waals surface area (Å²) in [4.78, 5) is 12.8. The van der Waals surface area contributed by atoms with Crippen LogP contribution in [0.4, 0.5) is 10.6 Å². The average Bonchev–Trinajstić information content (AvgIpc) is 3.03. The monoisotopic (exact) mass is 361 g/mol. The van der Waals surface area contributed by atoms with Crippen LogP contribution in [0.3, 0.4) is 0 Å². The van der Waals surface area contributed by atoms with E-state index in [0.29, 0.717) is 0 Å². The fraction of sp³-hybridized carbons (Fsp3) is 0.238. The van der Waals surface area contributed by atoms with E-state index in [-0.39, 0.29) is 12.1 Å². The quantitative estimate of drug-likeness (QED) is 0.669. The van der Waals surface area contributed by atoms with Gasteiger partial charge >= 0.3 is 6.03 Å². The van der Waals surface area contributed by atoms with Crippen molar-refractivity contribution >= 4 is 11.8 Å². The highest BCUT2D eigenvalue weighted by Gasteiger charge is 2.22. The second-order valence-corrected chi connectivity index (χ2v) is 6.68. The molecule has 0 atom stereocenters. The van der Waals surface area contributed by atoms with Crippen LogP contribution in [0.5, 0.6) is 0 Å². The standard InChI is InChI=1S/C21H23N5O/c1-26-20(17-14-22-13-12-18(17)25-26)24-21(27)23-19(15-8-4-2-5-9-15)16-10-6-3-7-11-16/h2-11,19,22H,12-14H2,1H3,(H2,23,24,27). The van der Waals surface area contributed by atoms with Crippen LogP contribution in [0.2, 0.25) is 0 Å². The van der Waals surface area contributed by atoms with Crippen molar-refractivity contribution in [1.29, 1.82) is 0 Å². The van der Waals surface area contributed by atoms with Gasteiger partial charge in [0.25, 0.3) is 0 Å². The molecule has 0 aliphatic carbocycles. The van der Waals surface area contributed by atoms with Crippen molar-refractivity contribution in [2.24, 2.45) is 7.05 Å². The molecule has 1 aliphatic rings. The number of aromatic nitrogens is 2. The highest BCUT2D eigenvalue weighted by Crippen LogP contribution is 2.24. The van der Waals surface area contributed by atoms with Crippen LogP contribution < -0.4 is 16.0 Å². The van der Waals surface area contributed by atoms with E-state index in [2.05, 4.69) is 21.0 Å². The Bertz CT molecular complexity index is 881. The average molecular weight is 361 g/mol. The molecule has 1 aromatic heterocycles. The number of fused-ring (bicyclic) bond motifs is 1. The molecule has 6 heteroatoms. The number of rotatable bonds is 4. The molecule has 0 fully saturated rings. The van der Waals surface area contributed by atoms with Gasteiger partial charge in [0.05, 0.1) is 11.7 Å². The molecule has 3 N–H and O–H groups in total. The fourth-order valence-electron chi connectivity index (χ4n) is 3.51. The van der Waals surface area contributed by atoms with Gasteiger partial charge in [-0.1, -0.05) is 60.7 Å². The molecule has 4 rings (SSSR count). The minimum absolute atomic E-state index is 0.227. The van der Waals surface area contributed by atoms with Gasteiger partial charge in [-0.2, -0.15) is 5.10 Å². The summed E-state index contributed by atoms with van der Waals surface area (Å²) in [5.41, 5.74) is 4.18. The smallest absolute Gasteiger partial charge is 0.321 e. The number of urea groups is 1. The number of nitrogens with one attached hydrogen (secondary N) is 3. The molecule has 138 valence electrons. The van der Waals surface area contributed by atoms with Crippen LogP contribution >= 0.6 is 0 Å². The van der Waals surface area contributed by atoms with Gasteiger partial charge in [0.15, 0.2) is 0 Å². The van der Waals surface area contributed by atoms with E-state index >= 15 is 0 Å². The number of anilines is 1. The zero-order valence-corrected chi connectivity index (χ0v) is 15.3. The molecule has 0 saturated heterocycles. The van der Waals surface area contributed by atoms with Crippen LogP contribution in [-0.4, -0.2) is 22.4 Å². The van der Waals surface area contributed by atoms with Gasteiger partial charge in [-0.05, 0) is 11.1 Å². The number of amides is 2. The number of carbonyl (C=O) groups excluding carboxylic acids is 1. The van der Waals surface area contributed by atoms with E-state index in [4.69, 9.17) is 0 Å². The summed E-state index contributed by atoms with van der Waals surface area (Å²) in [6.45, 7) is 1.64. The summed E-state index contributed by atoms with van der Waals surface area (Å²) >= 11 is 0. The summed E-state index contributed by atoms with van der Waals surface area (Å²) in [5.74, 6) is 0.745. The van der Waals surface area contributed by atoms with Gasteiger partial charge in [0, 0.05) is 32.1 Å². The van der Waals surface area contributed by atoms with Gasteiger partial charge in [0.2, 0.25) is 0 Å². The third-order valence-electron chi connectivity index (χ3n) is 4.84. The van der Waals surface area contributed by atoms with Crippen LogP contribution in [0, 0.1) is 0 Å². The topological polar surface area (TPSA) is 71.0 Å². The zero-order chi connectivity index (χ0) is 18.6. The molecular weight excluding hydrogens is 338 g/mol. The lowest BCUT2D eigenvalue weighted by atomic mass is 9.99. The van der Waals surface area contributed by atoms with Crippen LogP contribution in [0.25, 0.3) is 0 Å². The van der Waals surface area contributed by atoms with E-state index in [1.165, 1.54) is 0 Å². The van der Waals surface area contributed by atoms with Crippen molar-refractivity contribution < 1.29 is 4.79 Å². The molecule has 0 spiro atoms. The van der Waals surface area contributed by atoms with Gasteiger partial charge in [-0.15, -0.1) is 0 Å². The predicted molar refractivity (Wildman–Crippen MR) is 106 cm³/mol. The summed E-state index contributed by atoms with van der Waals surface area (Å²) in [7, 11) is 1.86. The summed E-state index contributed by atoms with van der Waals surface area (Å²) < 4.78 is 1.75. The molecule has 2 aromatic carbocycles. The van der Waals surface area contributed by atoms with Gasteiger partial charge in [0.1, 0.15) is 5.82 Å². The maximum Gasteiger partial charge on any atom is 0.321 e. The lowest BCUT2D eigenvalue weighted by Crippen LogP contribution is -2.34. The van der Waals surface area contributed by atoms with E-state index < -0.39 is 0 Å². The second-order valence-electron chi connectivity index (χ2n) is 6.68. The van der Waals surface area contributed by atoms with Gasteiger partial charge < -0.3 is 10.6 Å². The molecule has 27 heavy (non-hydrogen) atoms. The molecule has 2 heterocycles. The zero-order valence-electron chi connectivity index (χ0n) is 15.3. The highest BCUT2D eigenvalue weighted by molar-refractivity contribution is 5.90. The number of aryl methyl sites for hydroxylation is 1. The first-order valence-electron chi connectivity index (χ1n) is 9.15. The number of hydrogen-bond donors (Lipinski definition) is 3. The Labute approximate surface area is 158 Å². The van der Waals surface area contributed by atoms with Gasteiger partial charge in [-0.25, -0.2) is 4.79 Å². The molecule has 0 bridgehead atoms. The first kappa shape index (κ1) is 17.3. The third-order valence-corrected chi connectivity index (χ3v) is 4.84. The van der Waals surface area contributed by atoms with Crippen molar-refractivity contribution in [3.8, 4) is 0 Å². The van der Waals surface area contributed by atoms with Crippen LogP contribution in [-0.2, 0) is 20.0 Å². The van der Waals surface area contributed by atoms with Crippen LogP contribution in [0.1, 0.15) is 28.4 Å². The van der Waals surface area contributed by atoms with Crippen molar-refractivity contribution in [1.82, 2.24) is 20.4 Å². The number of hydrogen-bond acceptors (Lipinski definition) is 3. The van der Waals surface area contributed by atoms with E-state index in [1.54, 1.807) is 4.68 Å². The first-order valence-corrected chi connectivity index (χ1v) is 9.15. The lowest BCUT2D eigenvalue weighted by molar-refractivity contribution is 0.250. The Morgan fingerprint density at radius 2 is 1.70 bits per heavy atom. The highest BCUT2D eigenvalue weighted by atomic mass is 16.2. The van der Waals surface area contributed by atoms with Crippen molar-refractivity contribution in [3.63, 3.8) is 0 Å². The van der Waals surface area contributed by atoms with Crippen molar-refractivity contribution in [3.05, 3.63) is 83.0 Å². The second kappa shape index (κ2) is 7.63. The van der Waals surface area contributed by atoms with Crippen molar-refractivity contribution in [2.45, 2.75) is 19.0 Å². The van der Waals surface area contributed by atoms with E-state index in [0.717, 1.165) is 47.7 Å². The SMILES string of the molecule is Cn1nc2c(c1NC(=O)NC(c1ccccc1)c1ccccc1)CNCC2. The normalized spacial score (nSPS) is 13.3. The third kappa shape index (κ3) is 3.71. The molecule has 2 amide bonds. The maximum absolute atomic E-state index is 12.8. The summed E-state index contributed by atoms with van der Waals surface area (Å²) in [6, 6.07) is 19.5. The Balaban J connectivity index is 1.57. The Hall–Kier alpha value is -3.12. The molecule has 3 aromatic rings. The minimum atomic E-state index is -0.246. The van der Waals surface area contributed by atoms with Crippen LogP contribution in [0.15, 0.2) is 60.7 Å². The number of nitrogens with zero attached hydrogens (tertiary/aromatic N) is 2. The largest absolute Gasteiger partial charge is 0.327 e. The fourth-order valence-corrected chi connectivity index (χ4v) is 3.51. The van der Waals surface area contributed by atoms with E-state index in [1.807, 2.05) is 67.7 Å². The number of carbonyl (C=O) groups is 1. The first-order chi connectivity index (χ1) is 13.2. The molecule has 1 aliphatic heterocycles. The Morgan fingerprint density at radius 1 is 1.07 bits per heavy atom. The lowest BCUT2D eigenvalue weighted by Gasteiger charge is -2.21. The number of benzene rings is 2. The minimum Gasteiger partial charge on any atom is -0.327 e. The molecule has 0 saturated carbocycles. The maximum atomic E-state index is 12.8. The van der Waals surface area contributed by atoms with E-state index in [9.17, 15) is 4.79 Å². The predicted octanol–water partition coefficient (Wildman–Crippen LogP) is 2.98. The molecule has 0 radical (unpaired) electrons. The molecule has 0 unspecified atom stereocenters. The summed E-state index contributed by atoms with van der Waals surface area (Å²) in [5, 5.41) is 14.0. The molecular formula is C21H23N5O. The Morgan fingerprint density at radius 3 is 2.33 bits per heavy atom. The Kier molecular flexibility index (Phi) is 4.89.